The van der Waals surface area contributed by atoms with Gasteiger partial charge in [-0.3, -0.25) is 0 Å². The van der Waals surface area contributed by atoms with Crippen molar-refractivity contribution in [1.82, 2.24) is 0 Å². The summed E-state index contributed by atoms with van der Waals surface area (Å²) in [5.74, 6) is 0. The van der Waals surface area contributed by atoms with E-state index in [2.05, 4.69) is 0 Å². The maximum atomic E-state index is 5.82. The Balaban J connectivity index is 2.17. The molecular weight excluding hydrogens is 172 g/mol. The first-order valence-electron chi connectivity index (χ1n) is 4.54. The van der Waals surface area contributed by atoms with Crippen molar-refractivity contribution < 1.29 is 18.9 Å². The molecule has 2 bridgehead atoms. The molecule has 13 heavy (non-hydrogen) atoms. The summed E-state index contributed by atoms with van der Waals surface area (Å²) in [6, 6.07) is 0. The summed E-state index contributed by atoms with van der Waals surface area (Å²) in [5, 5.41) is 0. The minimum absolute atomic E-state index is 0.0162. The Bertz CT molecular complexity index is 196. The summed E-state index contributed by atoms with van der Waals surface area (Å²) in [6.07, 6.45) is 0.191. The van der Waals surface area contributed by atoms with Crippen LogP contribution in [0.1, 0.15) is 6.92 Å². The van der Waals surface area contributed by atoms with E-state index in [0.29, 0.717) is 13.2 Å². The molecule has 76 valence electrons. The second-order valence-electron chi connectivity index (χ2n) is 3.75. The maximum absolute atomic E-state index is 5.82. The molecule has 4 nitrogen and oxygen atoms in total. The van der Waals surface area contributed by atoms with E-state index in [9.17, 15) is 0 Å². The second kappa shape index (κ2) is 3.20. The number of hydrogen-bond donors (Lipinski definition) is 0. The quantitative estimate of drug-likeness (QED) is 0.634. The molecule has 0 aromatic rings. The fourth-order valence-electron chi connectivity index (χ4n) is 2.38. The molecule has 0 amide bonds. The second-order valence-corrected chi connectivity index (χ2v) is 3.75. The standard InChI is InChI=1S/C9H16O4/c1-6-7-8(11-3)9(13-6,4-10-2)5-12-7/h6-8H,4-5H2,1-3H3/t6-,7?,8?,9+/m0/s1. The summed E-state index contributed by atoms with van der Waals surface area (Å²) in [5.41, 5.74) is -0.367. The normalized spacial score (nSPS) is 48.7. The summed E-state index contributed by atoms with van der Waals surface area (Å²) in [6.45, 7) is 3.12. The van der Waals surface area contributed by atoms with Gasteiger partial charge in [-0.15, -0.1) is 0 Å². The van der Waals surface area contributed by atoms with Crippen LogP contribution in [0.15, 0.2) is 0 Å². The zero-order chi connectivity index (χ0) is 9.47. The van der Waals surface area contributed by atoms with Crippen molar-refractivity contribution >= 4 is 0 Å². The third-order valence-corrected chi connectivity index (χ3v) is 2.86. The van der Waals surface area contributed by atoms with Crippen LogP contribution in [-0.2, 0) is 18.9 Å². The van der Waals surface area contributed by atoms with Gasteiger partial charge in [-0.2, -0.15) is 0 Å². The average Bonchev–Trinajstić information content (AvgIpc) is 2.55. The van der Waals surface area contributed by atoms with Crippen LogP contribution in [0, 0.1) is 0 Å². The Morgan fingerprint density at radius 1 is 1.46 bits per heavy atom. The Morgan fingerprint density at radius 3 is 2.77 bits per heavy atom. The van der Waals surface area contributed by atoms with Gasteiger partial charge in [0.15, 0.2) is 0 Å². The molecule has 2 aliphatic rings. The zero-order valence-corrected chi connectivity index (χ0v) is 8.28. The van der Waals surface area contributed by atoms with Crippen LogP contribution in [0.2, 0.25) is 0 Å². The molecular formula is C9H16O4. The zero-order valence-electron chi connectivity index (χ0n) is 8.28. The fourth-order valence-corrected chi connectivity index (χ4v) is 2.38. The number of rotatable bonds is 3. The van der Waals surface area contributed by atoms with Crippen LogP contribution in [0.25, 0.3) is 0 Å². The van der Waals surface area contributed by atoms with E-state index in [1.54, 1.807) is 14.2 Å². The summed E-state index contributed by atoms with van der Waals surface area (Å²) >= 11 is 0. The third kappa shape index (κ3) is 1.21. The van der Waals surface area contributed by atoms with Crippen molar-refractivity contribution in [3.63, 3.8) is 0 Å². The topological polar surface area (TPSA) is 36.9 Å². The SMILES string of the molecule is COC[C@@]12COC(C1OC)[C@H](C)O2. The summed E-state index contributed by atoms with van der Waals surface area (Å²) in [4.78, 5) is 0. The van der Waals surface area contributed by atoms with Crippen LogP contribution < -0.4 is 0 Å². The molecule has 2 unspecified atom stereocenters. The van der Waals surface area contributed by atoms with Gasteiger partial charge in [-0.1, -0.05) is 0 Å². The van der Waals surface area contributed by atoms with E-state index < -0.39 is 0 Å². The number of hydrogen-bond acceptors (Lipinski definition) is 4. The van der Waals surface area contributed by atoms with Crippen LogP contribution in [0.3, 0.4) is 0 Å². The molecule has 0 spiro atoms. The van der Waals surface area contributed by atoms with Gasteiger partial charge in [-0.25, -0.2) is 0 Å². The maximum Gasteiger partial charge on any atom is 0.144 e. The van der Waals surface area contributed by atoms with E-state index in [0.717, 1.165) is 0 Å². The molecule has 0 aromatic carbocycles. The molecule has 0 aliphatic carbocycles. The van der Waals surface area contributed by atoms with Crippen molar-refractivity contribution in [3.05, 3.63) is 0 Å². The van der Waals surface area contributed by atoms with Crippen molar-refractivity contribution in [3.8, 4) is 0 Å². The van der Waals surface area contributed by atoms with E-state index in [1.807, 2.05) is 6.92 Å². The molecule has 2 rings (SSSR count). The average molecular weight is 188 g/mol. The highest BCUT2D eigenvalue weighted by Gasteiger charge is 2.60. The monoisotopic (exact) mass is 188 g/mol. The first-order chi connectivity index (χ1) is 6.23. The van der Waals surface area contributed by atoms with E-state index in [-0.39, 0.29) is 23.9 Å². The van der Waals surface area contributed by atoms with Crippen molar-refractivity contribution in [2.45, 2.75) is 30.8 Å². The third-order valence-electron chi connectivity index (χ3n) is 2.86. The van der Waals surface area contributed by atoms with Gasteiger partial charge in [0, 0.05) is 14.2 Å². The Labute approximate surface area is 78.1 Å². The van der Waals surface area contributed by atoms with Crippen LogP contribution >= 0.6 is 0 Å². The highest BCUT2D eigenvalue weighted by molar-refractivity contribution is 5.07. The van der Waals surface area contributed by atoms with Gasteiger partial charge < -0.3 is 18.9 Å². The smallest absolute Gasteiger partial charge is 0.144 e. The highest BCUT2D eigenvalue weighted by atomic mass is 16.7. The van der Waals surface area contributed by atoms with Crippen LogP contribution in [0.4, 0.5) is 0 Å². The molecule has 0 aromatic heterocycles. The molecule has 4 heteroatoms. The molecule has 0 saturated carbocycles. The number of ether oxygens (including phenoxy) is 4. The van der Waals surface area contributed by atoms with Crippen molar-refractivity contribution in [2.24, 2.45) is 0 Å². The van der Waals surface area contributed by atoms with Crippen LogP contribution in [-0.4, -0.2) is 51.3 Å². The lowest BCUT2D eigenvalue weighted by Gasteiger charge is -2.29. The predicted octanol–water partition coefficient (Wildman–Crippen LogP) is 0.204. The summed E-state index contributed by atoms with van der Waals surface area (Å²) in [7, 11) is 3.36. The van der Waals surface area contributed by atoms with Gasteiger partial charge in [0.25, 0.3) is 0 Å². The van der Waals surface area contributed by atoms with Crippen LogP contribution in [0.5, 0.6) is 0 Å². The van der Waals surface area contributed by atoms with E-state index >= 15 is 0 Å². The number of fused-ring (bicyclic) bond motifs is 2. The van der Waals surface area contributed by atoms with Crippen molar-refractivity contribution in [1.29, 1.82) is 0 Å². The van der Waals surface area contributed by atoms with Gasteiger partial charge in [-0.05, 0) is 6.92 Å². The Kier molecular flexibility index (Phi) is 2.32. The first-order valence-corrected chi connectivity index (χ1v) is 4.54. The highest BCUT2D eigenvalue weighted by Crippen LogP contribution is 2.41. The lowest BCUT2D eigenvalue weighted by Crippen LogP contribution is -2.45. The molecule has 2 heterocycles. The van der Waals surface area contributed by atoms with Gasteiger partial charge >= 0.3 is 0 Å². The molecule has 2 saturated heterocycles. The molecule has 4 atom stereocenters. The minimum Gasteiger partial charge on any atom is -0.381 e. The predicted molar refractivity (Wildman–Crippen MR) is 45.7 cm³/mol. The van der Waals surface area contributed by atoms with Gasteiger partial charge in [0.1, 0.15) is 17.8 Å². The summed E-state index contributed by atoms with van der Waals surface area (Å²) < 4.78 is 21.9. The fraction of sp³-hybridized carbons (Fsp3) is 1.00. The first kappa shape index (κ1) is 9.40. The van der Waals surface area contributed by atoms with E-state index in [1.165, 1.54) is 0 Å². The lowest BCUT2D eigenvalue weighted by atomic mass is 10.00. The lowest BCUT2D eigenvalue weighted by molar-refractivity contribution is -0.161. The van der Waals surface area contributed by atoms with Gasteiger partial charge in [0.2, 0.25) is 0 Å². The molecule has 0 N–H and O–H groups in total. The minimum atomic E-state index is -0.367. The molecule has 2 fully saturated rings. The van der Waals surface area contributed by atoms with Gasteiger partial charge in [0.05, 0.1) is 19.3 Å². The van der Waals surface area contributed by atoms with Crippen molar-refractivity contribution in [2.75, 3.05) is 27.4 Å². The Morgan fingerprint density at radius 2 is 2.23 bits per heavy atom. The molecule has 2 aliphatic heterocycles. The Hall–Kier alpha value is -0.160. The number of methoxy groups -OCH3 is 2. The van der Waals surface area contributed by atoms with E-state index in [4.69, 9.17) is 18.9 Å². The largest absolute Gasteiger partial charge is 0.381 e. The molecule has 0 radical (unpaired) electrons.